The Hall–Kier alpha value is -3.03. The number of rotatable bonds is 8. The van der Waals surface area contributed by atoms with E-state index in [0.717, 1.165) is 13.0 Å². The van der Waals surface area contributed by atoms with Crippen molar-refractivity contribution in [1.82, 2.24) is 10.0 Å². The lowest BCUT2D eigenvalue weighted by Gasteiger charge is -2.39. The Labute approximate surface area is 189 Å². The zero-order chi connectivity index (χ0) is 24.3. The quantitative estimate of drug-likeness (QED) is 0.278. The first-order valence-electron chi connectivity index (χ1n) is 9.91. The molecule has 1 aliphatic rings. The first kappa shape index (κ1) is 24.6. The number of aliphatic carboxylic acids is 1. The predicted molar refractivity (Wildman–Crippen MR) is 115 cm³/mol. The second-order valence-electron chi connectivity index (χ2n) is 7.51. The van der Waals surface area contributed by atoms with Crippen LogP contribution in [0.4, 0.5) is 0 Å². The predicted octanol–water partition coefficient (Wildman–Crippen LogP) is -0.927. The molecule has 6 N–H and O–H groups in total. The molecule has 0 radical (unpaired) electrons. The van der Waals surface area contributed by atoms with Gasteiger partial charge in [0.1, 0.15) is 18.3 Å². The minimum Gasteiger partial charge on any atom is -0.478 e. The number of aliphatic hydroxyl groups is 3. The molecule has 11 nitrogen and oxygen atoms in total. The topological polar surface area (TPSA) is 182 Å². The van der Waals surface area contributed by atoms with E-state index in [1.807, 2.05) is 0 Å². The van der Waals surface area contributed by atoms with Crippen molar-refractivity contribution >= 4 is 32.7 Å². The molecular formula is C21H24N2O9S. The second-order valence-corrected chi connectivity index (χ2v) is 9.19. The van der Waals surface area contributed by atoms with Crippen LogP contribution in [-0.4, -0.2) is 77.7 Å². The van der Waals surface area contributed by atoms with E-state index in [9.17, 15) is 38.4 Å². The van der Waals surface area contributed by atoms with Crippen molar-refractivity contribution in [3.8, 4) is 0 Å². The van der Waals surface area contributed by atoms with Crippen molar-refractivity contribution < 1.29 is 43.2 Å². The number of amides is 1. The van der Waals surface area contributed by atoms with Crippen LogP contribution in [0, 0.1) is 0 Å². The van der Waals surface area contributed by atoms with Gasteiger partial charge >= 0.3 is 5.97 Å². The summed E-state index contributed by atoms with van der Waals surface area (Å²) in [4.78, 5) is 23.3. The fourth-order valence-corrected chi connectivity index (χ4v) is 5.08. The number of hydrogen-bond acceptors (Lipinski definition) is 8. The van der Waals surface area contributed by atoms with Crippen LogP contribution in [0.2, 0.25) is 0 Å². The van der Waals surface area contributed by atoms with Gasteiger partial charge in [0.15, 0.2) is 0 Å². The first-order chi connectivity index (χ1) is 15.5. The van der Waals surface area contributed by atoms with Gasteiger partial charge in [-0.1, -0.05) is 36.4 Å². The molecule has 0 unspecified atom stereocenters. The molecule has 1 aliphatic heterocycles. The molecular weight excluding hydrogens is 456 g/mol. The molecule has 0 aromatic heterocycles. The van der Waals surface area contributed by atoms with Gasteiger partial charge in [0, 0.05) is 12.3 Å². The monoisotopic (exact) mass is 480 g/mol. The maximum Gasteiger partial charge on any atom is 0.370 e. The SMILES string of the molecule is CC(=O)N[C@H]1[C@H]([C@H](O)[C@H](O)CO)OC(C(=O)O)=C[C@@H]1NS(=O)(=O)c1cccc2ccccc12. The molecule has 0 fully saturated rings. The number of ether oxygens (including phenoxy) is 1. The highest BCUT2D eigenvalue weighted by Gasteiger charge is 2.44. The van der Waals surface area contributed by atoms with E-state index >= 15 is 0 Å². The summed E-state index contributed by atoms with van der Waals surface area (Å²) < 4.78 is 34.2. The number of benzene rings is 2. The third-order valence-corrected chi connectivity index (χ3v) is 6.68. The summed E-state index contributed by atoms with van der Waals surface area (Å²) in [6, 6.07) is 8.73. The molecule has 0 saturated carbocycles. The van der Waals surface area contributed by atoms with E-state index in [4.69, 9.17) is 4.74 Å². The summed E-state index contributed by atoms with van der Waals surface area (Å²) in [6.07, 6.45) is -4.22. The van der Waals surface area contributed by atoms with Crippen LogP contribution in [0.15, 0.2) is 59.2 Å². The van der Waals surface area contributed by atoms with Crippen molar-refractivity contribution in [3.63, 3.8) is 0 Å². The summed E-state index contributed by atoms with van der Waals surface area (Å²) >= 11 is 0. The molecule has 178 valence electrons. The number of carboxylic acids is 1. The summed E-state index contributed by atoms with van der Waals surface area (Å²) in [5.74, 6) is -2.88. The lowest BCUT2D eigenvalue weighted by molar-refractivity contribution is -0.146. The fourth-order valence-electron chi connectivity index (χ4n) is 3.65. The van der Waals surface area contributed by atoms with E-state index in [1.54, 1.807) is 36.4 Å². The zero-order valence-corrected chi connectivity index (χ0v) is 18.3. The standard InChI is InChI=1S/C21H24N2O9S/c1-11(25)22-18-14(9-16(21(28)29)32-20(18)19(27)15(26)10-24)23-33(30,31)17-8-4-6-12-5-2-3-7-13(12)17/h2-9,14-15,18-20,23-24,26-27H,10H2,1H3,(H,22,25)(H,28,29)/t14-,15+,18+,19+,20+/m0/s1. The first-order valence-corrected chi connectivity index (χ1v) is 11.4. The van der Waals surface area contributed by atoms with Crippen molar-refractivity contribution in [2.24, 2.45) is 0 Å². The lowest BCUT2D eigenvalue weighted by atomic mass is 9.92. The summed E-state index contributed by atoms with van der Waals surface area (Å²) in [5, 5.41) is 42.4. The second kappa shape index (κ2) is 9.85. The minimum atomic E-state index is -4.27. The van der Waals surface area contributed by atoms with Crippen LogP contribution < -0.4 is 10.0 Å². The molecule has 2 aromatic carbocycles. The Morgan fingerprint density at radius 1 is 1.12 bits per heavy atom. The summed E-state index contributed by atoms with van der Waals surface area (Å²) in [6.45, 7) is 0.255. The van der Waals surface area contributed by atoms with Crippen LogP contribution in [0.1, 0.15) is 6.92 Å². The van der Waals surface area contributed by atoms with E-state index in [-0.39, 0.29) is 4.90 Å². The number of hydrogen-bond donors (Lipinski definition) is 6. The van der Waals surface area contributed by atoms with Gasteiger partial charge in [0.2, 0.25) is 21.7 Å². The molecule has 0 aliphatic carbocycles. The zero-order valence-electron chi connectivity index (χ0n) is 17.5. The van der Waals surface area contributed by atoms with Crippen molar-refractivity contribution in [2.75, 3.05) is 6.61 Å². The van der Waals surface area contributed by atoms with Crippen molar-refractivity contribution in [1.29, 1.82) is 0 Å². The molecule has 12 heteroatoms. The molecule has 5 atom stereocenters. The molecule has 2 aromatic rings. The molecule has 33 heavy (non-hydrogen) atoms. The van der Waals surface area contributed by atoms with Crippen LogP contribution in [0.25, 0.3) is 10.8 Å². The van der Waals surface area contributed by atoms with Gasteiger partial charge in [-0.05, 0) is 17.5 Å². The molecule has 1 heterocycles. The van der Waals surface area contributed by atoms with Gasteiger partial charge in [0.25, 0.3) is 0 Å². The fraction of sp³-hybridized carbons (Fsp3) is 0.333. The smallest absolute Gasteiger partial charge is 0.370 e. The number of carbonyl (C=O) groups excluding carboxylic acids is 1. The van der Waals surface area contributed by atoms with Gasteiger partial charge in [-0.15, -0.1) is 0 Å². The Bertz CT molecular complexity index is 1180. The van der Waals surface area contributed by atoms with Gasteiger partial charge in [-0.3, -0.25) is 4.79 Å². The largest absolute Gasteiger partial charge is 0.478 e. The van der Waals surface area contributed by atoms with Gasteiger partial charge < -0.3 is 30.5 Å². The van der Waals surface area contributed by atoms with Crippen LogP contribution in [0.3, 0.4) is 0 Å². The highest BCUT2D eigenvalue weighted by atomic mass is 32.2. The van der Waals surface area contributed by atoms with E-state index in [2.05, 4.69) is 10.0 Å². The number of sulfonamides is 1. The minimum absolute atomic E-state index is 0.0774. The highest BCUT2D eigenvalue weighted by Crippen LogP contribution is 2.27. The van der Waals surface area contributed by atoms with E-state index < -0.39 is 64.7 Å². The third-order valence-electron chi connectivity index (χ3n) is 5.16. The van der Waals surface area contributed by atoms with Crippen LogP contribution >= 0.6 is 0 Å². The Morgan fingerprint density at radius 2 is 1.79 bits per heavy atom. The normalized spacial score (nSPS) is 22.7. The van der Waals surface area contributed by atoms with E-state index in [1.165, 1.54) is 6.07 Å². The maximum atomic E-state index is 13.3. The van der Waals surface area contributed by atoms with E-state index in [0.29, 0.717) is 10.8 Å². The Balaban J connectivity index is 2.07. The van der Waals surface area contributed by atoms with Crippen molar-refractivity contribution in [3.05, 3.63) is 54.3 Å². The Morgan fingerprint density at radius 3 is 2.42 bits per heavy atom. The summed E-state index contributed by atoms with van der Waals surface area (Å²) in [7, 11) is -4.27. The number of fused-ring (bicyclic) bond motifs is 1. The molecule has 1 amide bonds. The van der Waals surface area contributed by atoms with Gasteiger partial charge in [-0.25, -0.2) is 17.9 Å². The average Bonchev–Trinajstić information content (AvgIpc) is 2.77. The Kier molecular flexibility index (Phi) is 7.34. The third kappa shape index (κ3) is 5.31. The number of carbonyl (C=O) groups is 2. The molecule has 0 bridgehead atoms. The highest BCUT2D eigenvalue weighted by molar-refractivity contribution is 7.89. The van der Waals surface area contributed by atoms with Gasteiger partial charge in [0.05, 0.1) is 23.6 Å². The van der Waals surface area contributed by atoms with Gasteiger partial charge in [-0.2, -0.15) is 0 Å². The average molecular weight is 480 g/mol. The van der Waals surface area contributed by atoms with Crippen LogP contribution in [0.5, 0.6) is 0 Å². The number of nitrogens with one attached hydrogen (secondary N) is 2. The number of aliphatic hydroxyl groups excluding tert-OH is 3. The lowest BCUT2D eigenvalue weighted by Crippen LogP contribution is -2.63. The number of carboxylic acid groups (broad SMARTS) is 1. The molecule has 0 saturated heterocycles. The summed E-state index contributed by atoms with van der Waals surface area (Å²) in [5.41, 5.74) is 0. The molecule has 3 rings (SSSR count). The maximum absolute atomic E-state index is 13.3. The molecule has 0 spiro atoms. The van der Waals surface area contributed by atoms with Crippen molar-refractivity contribution in [2.45, 2.75) is 42.2 Å². The van der Waals surface area contributed by atoms with Crippen LogP contribution in [-0.2, 0) is 24.3 Å².